The summed E-state index contributed by atoms with van der Waals surface area (Å²) >= 11 is 0. The van der Waals surface area contributed by atoms with Crippen LogP contribution in [0.5, 0.6) is 0 Å². The van der Waals surface area contributed by atoms with Gasteiger partial charge in [0, 0.05) is 24.1 Å². The fourth-order valence-electron chi connectivity index (χ4n) is 1.32. The Kier molecular flexibility index (Phi) is 3.13. The van der Waals surface area contributed by atoms with Gasteiger partial charge in [-0.05, 0) is 18.2 Å². The van der Waals surface area contributed by atoms with Gasteiger partial charge in [-0.25, -0.2) is 8.78 Å². The third kappa shape index (κ3) is 2.87. The molecule has 17 heavy (non-hydrogen) atoms. The lowest BCUT2D eigenvalue weighted by molar-refractivity contribution is -0.116. The second-order valence-corrected chi connectivity index (χ2v) is 3.38. The highest BCUT2D eigenvalue weighted by Gasteiger charge is 2.06. The molecule has 1 heterocycles. The van der Waals surface area contributed by atoms with Crippen LogP contribution in [0.2, 0.25) is 0 Å². The summed E-state index contributed by atoms with van der Waals surface area (Å²) in [5.41, 5.74) is 0.209. The Morgan fingerprint density at radius 3 is 2.82 bits per heavy atom. The van der Waals surface area contributed by atoms with Gasteiger partial charge in [0.1, 0.15) is 6.54 Å². The van der Waals surface area contributed by atoms with E-state index >= 15 is 0 Å². The van der Waals surface area contributed by atoms with Crippen LogP contribution in [0.25, 0.3) is 0 Å². The maximum atomic E-state index is 12.9. The second-order valence-electron chi connectivity index (χ2n) is 3.38. The van der Waals surface area contributed by atoms with Gasteiger partial charge in [0.15, 0.2) is 11.6 Å². The molecule has 88 valence electrons. The topological polar surface area (TPSA) is 46.9 Å². The normalized spacial score (nSPS) is 10.2. The van der Waals surface area contributed by atoms with E-state index in [2.05, 4.69) is 10.4 Å². The third-order valence-corrected chi connectivity index (χ3v) is 2.07. The van der Waals surface area contributed by atoms with Crippen LogP contribution in [0.4, 0.5) is 14.5 Å². The summed E-state index contributed by atoms with van der Waals surface area (Å²) in [6.45, 7) is 0.0198. The van der Waals surface area contributed by atoms with Gasteiger partial charge in [0.05, 0.1) is 0 Å². The van der Waals surface area contributed by atoms with Crippen molar-refractivity contribution < 1.29 is 13.6 Å². The van der Waals surface area contributed by atoms with Gasteiger partial charge in [-0.2, -0.15) is 5.10 Å². The minimum absolute atomic E-state index is 0.0198. The van der Waals surface area contributed by atoms with E-state index < -0.39 is 11.6 Å². The zero-order valence-corrected chi connectivity index (χ0v) is 8.73. The van der Waals surface area contributed by atoms with Crippen LogP contribution in [-0.2, 0) is 11.3 Å². The summed E-state index contributed by atoms with van der Waals surface area (Å²) in [7, 11) is 0. The Hall–Kier alpha value is -2.24. The van der Waals surface area contributed by atoms with E-state index in [0.717, 1.165) is 12.1 Å². The number of anilines is 1. The van der Waals surface area contributed by atoms with Crippen LogP contribution in [0.15, 0.2) is 36.7 Å². The zero-order valence-electron chi connectivity index (χ0n) is 8.73. The molecule has 4 nitrogen and oxygen atoms in total. The van der Waals surface area contributed by atoms with Crippen LogP contribution in [0.1, 0.15) is 0 Å². The molecule has 6 heteroatoms. The average molecular weight is 237 g/mol. The van der Waals surface area contributed by atoms with Crippen LogP contribution in [0, 0.1) is 11.6 Å². The monoisotopic (exact) mass is 237 g/mol. The number of nitrogens with zero attached hydrogens (tertiary/aromatic N) is 2. The van der Waals surface area contributed by atoms with Gasteiger partial charge in [-0.3, -0.25) is 9.48 Å². The first-order valence-corrected chi connectivity index (χ1v) is 4.87. The fourth-order valence-corrected chi connectivity index (χ4v) is 1.32. The van der Waals surface area contributed by atoms with Gasteiger partial charge >= 0.3 is 0 Å². The Balaban J connectivity index is 2.00. The van der Waals surface area contributed by atoms with Crippen molar-refractivity contribution in [2.24, 2.45) is 0 Å². The Labute approximate surface area is 95.9 Å². The van der Waals surface area contributed by atoms with E-state index in [0.29, 0.717) is 0 Å². The third-order valence-electron chi connectivity index (χ3n) is 2.07. The number of amides is 1. The molecule has 0 saturated carbocycles. The molecule has 1 N–H and O–H groups in total. The fraction of sp³-hybridized carbons (Fsp3) is 0.0909. The van der Waals surface area contributed by atoms with E-state index in [1.807, 2.05) is 0 Å². The Morgan fingerprint density at radius 1 is 1.35 bits per heavy atom. The molecule has 2 aromatic rings. The molecule has 1 aromatic heterocycles. The number of aromatic nitrogens is 2. The molecule has 0 fully saturated rings. The average Bonchev–Trinajstić information content (AvgIpc) is 2.76. The predicted octanol–water partition coefficient (Wildman–Crippen LogP) is 1.80. The number of nitrogens with one attached hydrogen (secondary N) is 1. The van der Waals surface area contributed by atoms with Crippen molar-refractivity contribution in [1.82, 2.24) is 9.78 Å². The maximum absolute atomic E-state index is 12.9. The van der Waals surface area contributed by atoms with E-state index in [1.165, 1.54) is 10.7 Å². The van der Waals surface area contributed by atoms with Crippen molar-refractivity contribution in [1.29, 1.82) is 0 Å². The molecule has 0 atom stereocenters. The van der Waals surface area contributed by atoms with Crippen molar-refractivity contribution in [2.45, 2.75) is 6.54 Å². The van der Waals surface area contributed by atoms with Crippen molar-refractivity contribution >= 4 is 11.6 Å². The van der Waals surface area contributed by atoms with Crippen molar-refractivity contribution in [2.75, 3.05) is 5.32 Å². The van der Waals surface area contributed by atoms with Gasteiger partial charge in [-0.15, -0.1) is 0 Å². The minimum Gasteiger partial charge on any atom is -0.324 e. The molecule has 2 rings (SSSR count). The van der Waals surface area contributed by atoms with E-state index in [4.69, 9.17) is 0 Å². The molecular weight excluding hydrogens is 228 g/mol. The van der Waals surface area contributed by atoms with E-state index in [-0.39, 0.29) is 18.1 Å². The SMILES string of the molecule is O=C(Cn1cccn1)Nc1ccc(F)c(F)c1. The molecule has 0 spiro atoms. The first-order chi connectivity index (χ1) is 8.15. The highest BCUT2D eigenvalue weighted by Crippen LogP contribution is 2.12. The van der Waals surface area contributed by atoms with Gasteiger partial charge in [0.2, 0.25) is 5.91 Å². The lowest BCUT2D eigenvalue weighted by Crippen LogP contribution is -2.19. The second kappa shape index (κ2) is 4.73. The Morgan fingerprint density at radius 2 is 2.18 bits per heavy atom. The molecule has 0 aliphatic carbocycles. The highest BCUT2D eigenvalue weighted by atomic mass is 19.2. The zero-order chi connectivity index (χ0) is 12.3. The van der Waals surface area contributed by atoms with E-state index in [1.54, 1.807) is 18.5 Å². The van der Waals surface area contributed by atoms with Crippen LogP contribution in [-0.4, -0.2) is 15.7 Å². The molecule has 1 amide bonds. The number of rotatable bonds is 3. The van der Waals surface area contributed by atoms with Crippen LogP contribution in [0.3, 0.4) is 0 Å². The van der Waals surface area contributed by atoms with Crippen molar-refractivity contribution in [3.8, 4) is 0 Å². The molecule has 0 radical (unpaired) electrons. The molecule has 0 bridgehead atoms. The number of benzene rings is 1. The van der Waals surface area contributed by atoms with Crippen molar-refractivity contribution in [3.05, 3.63) is 48.3 Å². The number of hydrogen-bond acceptors (Lipinski definition) is 2. The van der Waals surface area contributed by atoms with Gasteiger partial charge in [-0.1, -0.05) is 0 Å². The first kappa shape index (κ1) is 11.3. The lowest BCUT2D eigenvalue weighted by atomic mass is 10.3. The summed E-state index contributed by atoms with van der Waals surface area (Å²) in [5.74, 6) is -2.31. The minimum atomic E-state index is -0.998. The quantitative estimate of drug-likeness (QED) is 0.884. The summed E-state index contributed by atoms with van der Waals surface area (Å²) in [6, 6.07) is 4.86. The molecule has 1 aromatic carbocycles. The predicted molar refractivity (Wildman–Crippen MR) is 57.2 cm³/mol. The van der Waals surface area contributed by atoms with Crippen LogP contribution < -0.4 is 5.32 Å². The molecular formula is C11H9F2N3O. The summed E-state index contributed by atoms with van der Waals surface area (Å²) in [6.07, 6.45) is 3.18. The van der Waals surface area contributed by atoms with Gasteiger partial charge < -0.3 is 5.32 Å². The largest absolute Gasteiger partial charge is 0.324 e. The smallest absolute Gasteiger partial charge is 0.246 e. The molecule has 0 aliphatic heterocycles. The molecule has 0 unspecified atom stereocenters. The first-order valence-electron chi connectivity index (χ1n) is 4.87. The lowest BCUT2D eigenvalue weighted by Gasteiger charge is -2.05. The number of carbonyl (C=O) groups excluding carboxylic acids is 1. The summed E-state index contributed by atoms with van der Waals surface area (Å²) < 4.78 is 26.9. The number of halogens is 2. The molecule has 0 aliphatic rings. The highest BCUT2D eigenvalue weighted by molar-refractivity contribution is 5.90. The summed E-state index contributed by atoms with van der Waals surface area (Å²) in [4.78, 5) is 11.5. The Bertz CT molecular complexity index is 526. The number of hydrogen-bond donors (Lipinski definition) is 1. The molecule has 0 saturated heterocycles. The maximum Gasteiger partial charge on any atom is 0.246 e. The van der Waals surface area contributed by atoms with Crippen LogP contribution >= 0.6 is 0 Å². The van der Waals surface area contributed by atoms with E-state index in [9.17, 15) is 13.6 Å². The van der Waals surface area contributed by atoms with Gasteiger partial charge in [0.25, 0.3) is 0 Å². The summed E-state index contributed by atoms with van der Waals surface area (Å²) in [5, 5.41) is 6.29. The van der Waals surface area contributed by atoms with Crippen molar-refractivity contribution in [3.63, 3.8) is 0 Å². The number of carbonyl (C=O) groups is 1. The standard InChI is InChI=1S/C11H9F2N3O/c12-9-3-2-8(6-10(9)13)15-11(17)7-16-5-1-4-14-16/h1-6H,7H2,(H,15,17).